The summed E-state index contributed by atoms with van der Waals surface area (Å²) in [6.07, 6.45) is 2.93. The van der Waals surface area contributed by atoms with Crippen LogP contribution in [0.25, 0.3) is 0 Å². The van der Waals surface area contributed by atoms with E-state index in [1.165, 1.54) is 6.42 Å². The average molecular weight is 155 g/mol. The first-order chi connectivity index (χ1) is 5.47. The van der Waals surface area contributed by atoms with Crippen LogP contribution in [0.4, 0.5) is 0 Å². The smallest absolute Gasteiger partial charge is 0.120 e. The highest BCUT2D eigenvalue weighted by Crippen LogP contribution is 2.22. The van der Waals surface area contributed by atoms with Crippen LogP contribution in [0.5, 0.6) is 0 Å². The Kier molecular flexibility index (Phi) is 3.14. The van der Waals surface area contributed by atoms with Crippen LogP contribution in [0.15, 0.2) is 22.8 Å². The molecule has 0 spiro atoms. The largest absolute Gasteiger partial charge is 0.468 e. The van der Waals surface area contributed by atoms with Gasteiger partial charge < -0.3 is 14.8 Å². The van der Waals surface area contributed by atoms with Crippen molar-refractivity contribution in [2.45, 2.75) is 12.5 Å². The molecule has 1 aromatic heterocycles. The molecule has 62 valence electrons. The van der Waals surface area contributed by atoms with Gasteiger partial charge in [0.05, 0.1) is 12.3 Å². The molecular formula is C8H13NO2. The van der Waals surface area contributed by atoms with Gasteiger partial charge in [-0.05, 0) is 25.1 Å². The van der Waals surface area contributed by atoms with E-state index in [1.54, 1.807) is 6.26 Å². The van der Waals surface area contributed by atoms with Crippen molar-refractivity contribution in [1.82, 2.24) is 5.32 Å². The molecule has 0 radical (unpaired) electrons. The second kappa shape index (κ2) is 4.16. The summed E-state index contributed by atoms with van der Waals surface area (Å²) in [6, 6.07) is 4.44. The summed E-state index contributed by atoms with van der Waals surface area (Å²) < 4.78 is 5.17. The lowest BCUT2D eigenvalue weighted by Gasteiger charge is -2.25. The number of aliphatic hydroxyl groups is 1. The third-order valence-corrected chi connectivity index (χ3v) is 1.71. The van der Waals surface area contributed by atoms with Gasteiger partial charge in [-0.25, -0.2) is 0 Å². The van der Waals surface area contributed by atoms with Crippen LogP contribution in [0, 0.1) is 0 Å². The van der Waals surface area contributed by atoms with E-state index in [-0.39, 0.29) is 0 Å². The van der Waals surface area contributed by atoms with Crippen molar-refractivity contribution in [3.8, 4) is 0 Å². The van der Waals surface area contributed by atoms with Crippen LogP contribution in [0.3, 0.4) is 0 Å². The van der Waals surface area contributed by atoms with Crippen LogP contribution in [0.1, 0.15) is 18.2 Å². The zero-order chi connectivity index (χ0) is 8.10. The lowest BCUT2D eigenvalue weighted by atomic mass is 10.1. The molecule has 11 heavy (non-hydrogen) atoms. The van der Waals surface area contributed by atoms with Gasteiger partial charge in [0.1, 0.15) is 5.76 Å². The van der Waals surface area contributed by atoms with Gasteiger partial charge in [-0.1, -0.05) is 0 Å². The lowest BCUT2D eigenvalue weighted by molar-refractivity contribution is 0.319. The number of furan rings is 1. The maximum atomic E-state index is 7.00. The molecule has 1 aliphatic rings. The molecule has 2 N–H and O–H groups in total. The predicted octanol–water partition coefficient (Wildman–Crippen LogP) is 0.922. The fourth-order valence-electron chi connectivity index (χ4n) is 1.02. The summed E-state index contributed by atoms with van der Waals surface area (Å²) in [4.78, 5) is 0. The fraction of sp³-hybridized carbons (Fsp3) is 0.500. The minimum Gasteiger partial charge on any atom is -0.468 e. The second-order valence-electron chi connectivity index (χ2n) is 2.31. The summed E-state index contributed by atoms with van der Waals surface area (Å²) >= 11 is 0. The minimum atomic E-state index is 0.500. The molecule has 0 bridgehead atoms. The first kappa shape index (κ1) is 8.30. The van der Waals surface area contributed by atoms with Crippen molar-refractivity contribution in [2.75, 3.05) is 13.7 Å². The summed E-state index contributed by atoms with van der Waals surface area (Å²) in [6.45, 7) is 1.13. The highest BCUT2D eigenvalue weighted by atomic mass is 16.3. The summed E-state index contributed by atoms with van der Waals surface area (Å²) in [5.74, 6) is 1.07. The van der Waals surface area contributed by atoms with Crippen LogP contribution in [-0.4, -0.2) is 18.8 Å². The van der Waals surface area contributed by atoms with E-state index >= 15 is 0 Å². The number of aliphatic hydroxyl groups excluding tert-OH is 1. The summed E-state index contributed by atoms with van der Waals surface area (Å²) in [7, 11) is 1.00. The Hall–Kier alpha value is -0.800. The molecule has 1 atom stereocenters. The minimum absolute atomic E-state index is 0.500. The summed E-state index contributed by atoms with van der Waals surface area (Å²) in [5.41, 5.74) is 0. The number of hydrogen-bond acceptors (Lipinski definition) is 3. The zero-order valence-corrected chi connectivity index (χ0v) is 6.58. The van der Waals surface area contributed by atoms with Crippen molar-refractivity contribution in [3.63, 3.8) is 0 Å². The van der Waals surface area contributed by atoms with E-state index < -0.39 is 0 Å². The SMILES string of the molecule is CO.c1coc([C@H]2CCN2)c1. The van der Waals surface area contributed by atoms with Crippen LogP contribution >= 0.6 is 0 Å². The average Bonchev–Trinajstić information content (AvgIpc) is 2.41. The van der Waals surface area contributed by atoms with Gasteiger partial charge in [0, 0.05) is 7.11 Å². The zero-order valence-electron chi connectivity index (χ0n) is 6.58. The van der Waals surface area contributed by atoms with Gasteiger partial charge in [-0.2, -0.15) is 0 Å². The van der Waals surface area contributed by atoms with Gasteiger partial charge in [0.25, 0.3) is 0 Å². The first-order valence-electron chi connectivity index (χ1n) is 3.68. The number of hydrogen-bond donors (Lipinski definition) is 2. The molecule has 3 nitrogen and oxygen atoms in total. The highest BCUT2D eigenvalue weighted by Gasteiger charge is 2.19. The Morgan fingerprint density at radius 2 is 2.36 bits per heavy atom. The standard InChI is InChI=1S/C7H9NO.CH4O/c1-2-7(9-5-1)6-3-4-8-6;1-2/h1-2,5-6,8H,3-4H2;2H,1H3/t6-;/m1./s1. The van der Waals surface area contributed by atoms with Gasteiger partial charge >= 0.3 is 0 Å². The maximum absolute atomic E-state index is 7.00. The molecule has 1 saturated heterocycles. The van der Waals surface area contributed by atoms with Crippen molar-refractivity contribution >= 4 is 0 Å². The van der Waals surface area contributed by atoms with E-state index in [4.69, 9.17) is 9.52 Å². The fourth-order valence-corrected chi connectivity index (χ4v) is 1.02. The molecule has 0 saturated carbocycles. The van der Waals surface area contributed by atoms with Crippen LogP contribution in [-0.2, 0) is 0 Å². The van der Waals surface area contributed by atoms with Gasteiger partial charge in [-0.15, -0.1) is 0 Å². The van der Waals surface area contributed by atoms with E-state index in [1.807, 2.05) is 12.1 Å². The van der Waals surface area contributed by atoms with E-state index in [2.05, 4.69) is 5.32 Å². The van der Waals surface area contributed by atoms with Crippen LogP contribution < -0.4 is 5.32 Å². The molecule has 0 aliphatic carbocycles. The van der Waals surface area contributed by atoms with Crippen molar-refractivity contribution in [2.24, 2.45) is 0 Å². The van der Waals surface area contributed by atoms with E-state index in [0.717, 1.165) is 19.4 Å². The quantitative estimate of drug-likeness (QED) is 0.634. The van der Waals surface area contributed by atoms with Crippen molar-refractivity contribution < 1.29 is 9.52 Å². The molecule has 0 amide bonds. The molecule has 2 heterocycles. The molecule has 0 unspecified atom stereocenters. The topological polar surface area (TPSA) is 45.4 Å². The summed E-state index contributed by atoms with van der Waals surface area (Å²) in [5, 5.41) is 10.3. The number of rotatable bonds is 1. The third kappa shape index (κ3) is 1.82. The molecule has 0 aromatic carbocycles. The Morgan fingerprint density at radius 3 is 2.73 bits per heavy atom. The van der Waals surface area contributed by atoms with Crippen molar-refractivity contribution in [3.05, 3.63) is 24.2 Å². The Bertz CT molecular complexity index is 180. The molecule has 3 heteroatoms. The molecule has 2 rings (SSSR count). The number of nitrogens with one attached hydrogen (secondary N) is 1. The Morgan fingerprint density at radius 1 is 1.64 bits per heavy atom. The Balaban J connectivity index is 0.000000281. The highest BCUT2D eigenvalue weighted by molar-refractivity contribution is 5.06. The molecule has 1 aliphatic heterocycles. The first-order valence-corrected chi connectivity index (χ1v) is 3.68. The monoisotopic (exact) mass is 155 g/mol. The normalized spacial score (nSPS) is 21.5. The van der Waals surface area contributed by atoms with Gasteiger partial charge in [0.15, 0.2) is 0 Å². The molecule has 1 aromatic rings. The van der Waals surface area contributed by atoms with E-state index in [0.29, 0.717) is 6.04 Å². The Labute approximate surface area is 66.0 Å². The van der Waals surface area contributed by atoms with Crippen LogP contribution in [0.2, 0.25) is 0 Å². The van der Waals surface area contributed by atoms with Gasteiger partial charge in [0.2, 0.25) is 0 Å². The maximum Gasteiger partial charge on any atom is 0.120 e. The third-order valence-electron chi connectivity index (χ3n) is 1.71. The van der Waals surface area contributed by atoms with Crippen molar-refractivity contribution in [1.29, 1.82) is 0 Å². The van der Waals surface area contributed by atoms with E-state index in [9.17, 15) is 0 Å². The molecule has 1 fully saturated rings. The molecular weight excluding hydrogens is 142 g/mol. The lowest BCUT2D eigenvalue weighted by Crippen LogP contribution is -2.34. The second-order valence-corrected chi connectivity index (χ2v) is 2.31. The predicted molar refractivity (Wildman–Crippen MR) is 42.2 cm³/mol. The van der Waals surface area contributed by atoms with Gasteiger partial charge in [-0.3, -0.25) is 0 Å².